The smallest absolute Gasteiger partial charge is 0.139 e. The molecule has 0 aromatic heterocycles. The van der Waals surface area contributed by atoms with Gasteiger partial charge in [-0.3, -0.25) is 9.98 Å². The van der Waals surface area contributed by atoms with Crippen molar-refractivity contribution in [1.29, 1.82) is 0 Å². The molecule has 1 heterocycles. The fourth-order valence-corrected chi connectivity index (χ4v) is 1.18. The van der Waals surface area contributed by atoms with Gasteiger partial charge in [0.2, 0.25) is 0 Å². The molecule has 1 aliphatic heterocycles. The Bertz CT molecular complexity index is 162. The summed E-state index contributed by atoms with van der Waals surface area (Å²) >= 11 is 0. The molecule has 0 N–H and O–H groups in total. The van der Waals surface area contributed by atoms with E-state index in [0.29, 0.717) is 0 Å². The zero-order valence-corrected chi connectivity index (χ0v) is 6.89. The molecule has 0 aliphatic carbocycles. The van der Waals surface area contributed by atoms with Crippen molar-refractivity contribution in [3.63, 3.8) is 0 Å². The average Bonchev–Trinajstić information content (AvgIpc) is 1.85. The topological polar surface area (TPSA) is 24.7 Å². The number of hydrogen-bond donors (Lipinski definition) is 0. The zero-order chi connectivity index (χ0) is 7.56. The highest BCUT2D eigenvalue weighted by molar-refractivity contribution is 6.03. The van der Waals surface area contributed by atoms with E-state index < -0.39 is 0 Å². The van der Waals surface area contributed by atoms with Crippen LogP contribution in [-0.2, 0) is 0 Å². The lowest BCUT2D eigenvalue weighted by Crippen LogP contribution is -2.14. The second-order valence-corrected chi connectivity index (χ2v) is 2.79. The van der Waals surface area contributed by atoms with Gasteiger partial charge < -0.3 is 0 Å². The number of nitrogens with zero attached hydrogens (tertiary/aromatic N) is 2. The lowest BCUT2D eigenvalue weighted by molar-refractivity contribution is 0.676. The first-order chi connectivity index (χ1) is 4.72. The molecule has 0 radical (unpaired) electrons. The molecule has 0 spiro atoms. The highest BCUT2D eigenvalue weighted by Crippen LogP contribution is 2.08. The fraction of sp³-hybridized carbons (Fsp3) is 0.750. The first kappa shape index (κ1) is 7.45. The van der Waals surface area contributed by atoms with E-state index in [4.69, 9.17) is 0 Å². The van der Waals surface area contributed by atoms with Gasteiger partial charge >= 0.3 is 0 Å². The summed E-state index contributed by atoms with van der Waals surface area (Å²) < 4.78 is 0. The number of rotatable bonds is 1. The summed E-state index contributed by atoms with van der Waals surface area (Å²) in [7, 11) is 0. The minimum Gasteiger partial charge on any atom is -0.267 e. The van der Waals surface area contributed by atoms with Gasteiger partial charge in [-0.15, -0.1) is 0 Å². The highest BCUT2D eigenvalue weighted by atomic mass is 15.0. The maximum absolute atomic E-state index is 4.38. The van der Waals surface area contributed by atoms with Gasteiger partial charge in [0.05, 0.1) is 0 Å². The second-order valence-electron chi connectivity index (χ2n) is 2.79. The van der Waals surface area contributed by atoms with Crippen LogP contribution in [0.15, 0.2) is 9.98 Å². The molecule has 10 heavy (non-hydrogen) atoms. The summed E-state index contributed by atoms with van der Waals surface area (Å²) in [5.41, 5.74) is 2.44. The van der Waals surface area contributed by atoms with Gasteiger partial charge in [-0.2, -0.15) is 0 Å². The SMILES string of the molecule is CCC1N=C(C)CC(C)=N1. The second kappa shape index (κ2) is 2.95. The Labute approximate surface area is 62.1 Å². The van der Waals surface area contributed by atoms with Gasteiger partial charge in [0.15, 0.2) is 0 Å². The number of aliphatic imine (C=N–C) groups is 2. The predicted molar refractivity (Wildman–Crippen MR) is 44.9 cm³/mol. The maximum atomic E-state index is 4.38. The predicted octanol–water partition coefficient (Wildman–Crippen LogP) is 2.05. The Kier molecular flexibility index (Phi) is 2.20. The molecular formula is C8H14N2. The molecule has 0 aromatic carbocycles. The molecular weight excluding hydrogens is 124 g/mol. The van der Waals surface area contributed by atoms with E-state index in [9.17, 15) is 0 Å². The third kappa shape index (κ3) is 1.66. The minimum absolute atomic E-state index is 0.216. The molecule has 1 rings (SSSR count). The molecule has 0 atom stereocenters. The Morgan fingerprint density at radius 1 is 1.30 bits per heavy atom. The quantitative estimate of drug-likeness (QED) is 0.530. The lowest BCUT2D eigenvalue weighted by Gasteiger charge is -2.13. The standard InChI is InChI=1S/C8H14N2/c1-4-8-9-6(2)5-7(3)10-8/h8H,4-5H2,1-3H3. The largest absolute Gasteiger partial charge is 0.267 e. The van der Waals surface area contributed by atoms with Crippen molar-refractivity contribution >= 4 is 11.4 Å². The van der Waals surface area contributed by atoms with Crippen LogP contribution < -0.4 is 0 Å². The van der Waals surface area contributed by atoms with Crippen LogP contribution in [0.1, 0.15) is 33.6 Å². The van der Waals surface area contributed by atoms with Crippen LogP contribution in [0.4, 0.5) is 0 Å². The molecule has 0 bridgehead atoms. The van der Waals surface area contributed by atoms with Gasteiger partial charge in [-0.25, -0.2) is 0 Å². The Hall–Kier alpha value is -0.660. The van der Waals surface area contributed by atoms with Crippen LogP contribution >= 0.6 is 0 Å². The van der Waals surface area contributed by atoms with Crippen LogP contribution in [-0.4, -0.2) is 17.6 Å². The molecule has 0 saturated heterocycles. The van der Waals surface area contributed by atoms with Crippen LogP contribution in [0.2, 0.25) is 0 Å². The molecule has 56 valence electrons. The summed E-state index contributed by atoms with van der Waals surface area (Å²) in [6.07, 6.45) is 2.21. The minimum atomic E-state index is 0.216. The monoisotopic (exact) mass is 138 g/mol. The van der Waals surface area contributed by atoms with Gasteiger partial charge in [-0.1, -0.05) is 6.92 Å². The maximum Gasteiger partial charge on any atom is 0.139 e. The summed E-state index contributed by atoms with van der Waals surface area (Å²) in [4.78, 5) is 8.76. The summed E-state index contributed by atoms with van der Waals surface area (Å²) in [5.74, 6) is 0. The van der Waals surface area contributed by atoms with E-state index in [1.807, 2.05) is 0 Å². The van der Waals surface area contributed by atoms with E-state index >= 15 is 0 Å². The fourth-order valence-electron chi connectivity index (χ4n) is 1.18. The van der Waals surface area contributed by atoms with Crippen molar-refractivity contribution in [3.8, 4) is 0 Å². The van der Waals surface area contributed by atoms with Gasteiger partial charge in [0.1, 0.15) is 6.17 Å². The van der Waals surface area contributed by atoms with E-state index in [-0.39, 0.29) is 6.17 Å². The molecule has 2 heteroatoms. The summed E-state index contributed by atoms with van der Waals surface area (Å²) in [5, 5.41) is 0. The van der Waals surface area contributed by atoms with Crippen molar-refractivity contribution in [2.45, 2.75) is 39.8 Å². The first-order valence-electron chi connectivity index (χ1n) is 3.79. The molecule has 1 aliphatic rings. The van der Waals surface area contributed by atoms with Gasteiger partial charge in [0, 0.05) is 17.8 Å². The lowest BCUT2D eigenvalue weighted by atomic mass is 10.2. The summed E-state index contributed by atoms with van der Waals surface area (Å²) in [6, 6.07) is 0. The van der Waals surface area contributed by atoms with Crippen molar-refractivity contribution in [2.75, 3.05) is 0 Å². The molecule has 0 saturated carbocycles. The van der Waals surface area contributed by atoms with Crippen LogP contribution in [0, 0.1) is 0 Å². The van der Waals surface area contributed by atoms with E-state index in [1.165, 1.54) is 11.4 Å². The third-order valence-electron chi connectivity index (χ3n) is 1.62. The van der Waals surface area contributed by atoms with Gasteiger partial charge in [0.25, 0.3) is 0 Å². The molecule has 0 aromatic rings. The molecule has 2 nitrogen and oxygen atoms in total. The Balaban J connectivity index is 2.67. The van der Waals surface area contributed by atoms with Gasteiger partial charge in [-0.05, 0) is 20.3 Å². The van der Waals surface area contributed by atoms with Crippen molar-refractivity contribution in [3.05, 3.63) is 0 Å². The highest BCUT2D eigenvalue weighted by Gasteiger charge is 2.08. The normalized spacial score (nSPS) is 20.3. The number of hydrogen-bond acceptors (Lipinski definition) is 2. The van der Waals surface area contributed by atoms with E-state index in [2.05, 4.69) is 30.8 Å². The first-order valence-corrected chi connectivity index (χ1v) is 3.79. The van der Waals surface area contributed by atoms with E-state index in [1.54, 1.807) is 0 Å². The van der Waals surface area contributed by atoms with E-state index in [0.717, 1.165) is 12.8 Å². The van der Waals surface area contributed by atoms with Crippen LogP contribution in [0.25, 0.3) is 0 Å². The Morgan fingerprint density at radius 3 is 2.20 bits per heavy atom. The average molecular weight is 138 g/mol. The van der Waals surface area contributed by atoms with Crippen molar-refractivity contribution < 1.29 is 0 Å². The van der Waals surface area contributed by atoms with Crippen molar-refractivity contribution in [1.82, 2.24) is 0 Å². The molecule has 0 amide bonds. The van der Waals surface area contributed by atoms with Crippen molar-refractivity contribution in [2.24, 2.45) is 9.98 Å². The molecule has 0 fully saturated rings. The Morgan fingerprint density at radius 2 is 1.80 bits per heavy atom. The van der Waals surface area contributed by atoms with Crippen LogP contribution in [0.3, 0.4) is 0 Å². The molecule has 0 unspecified atom stereocenters. The summed E-state index contributed by atoms with van der Waals surface area (Å²) in [6.45, 7) is 6.26. The van der Waals surface area contributed by atoms with Crippen LogP contribution in [0.5, 0.6) is 0 Å². The zero-order valence-electron chi connectivity index (χ0n) is 6.89. The third-order valence-corrected chi connectivity index (χ3v) is 1.62.